The number of thioether (sulfide) groups is 1. The van der Waals surface area contributed by atoms with E-state index in [0.717, 1.165) is 5.56 Å². The van der Waals surface area contributed by atoms with Crippen LogP contribution in [0.4, 0.5) is 11.5 Å². The van der Waals surface area contributed by atoms with Gasteiger partial charge in [-0.15, -0.1) is 0 Å². The second kappa shape index (κ2) is 5.42. The van der Waals surface area contributed by atoms with Crippen LogP contribution in [0.15, 0.2) is 29.6 Å². The van der Waals surface area contributed by atoms with Crippen LogP contribution < -0.4 is 10.6 Å². The molecule has 0 atom stereocenters. The Balaban J connectivity index is 2.04. The van der Waals surface area contributed by atoms with Crippen LogP contribution in [0.1, 0.15) is 21.5 Å². The molecule has 3 rings (SSSR count). The number of amides is 1. The Morgan fingerprint density at radius 3 is 3.10 bits per heavy atom. The Morgan fingerprint density at radius 1 is 1.48 bits per heavy atom. The number of hydrogen-bond donors (Lipinski definition) is 2. The highest BCUT2D eigenvalue weighted by molar-refractivity contribution is 7.98. The van der Waals surface area contributed by atoms with Crippen molar-refractivity contribution >= 4 is 29.2 Å². The lowest BCUT2D eigenvalue weighted by molar-refractivity contribution is 0.0966. The monoisotopic (exact) mass is 297 g/mol. The molecule has 0 saturated heterocycles. The lowest BCUT2D eigenvalue weighted by atomic mass is 10.1. The van der Waals surface area contributed by atoms with Gasteiger partial charge in [-0.25, -0.2) is 9.97 Å². The van der Waals surface area contributed by atoms with Crippen LogP contribution in [0.5, 0.6) is 0 Å². The predicted octanol–water partition coefficient (Wildman–Crippen LogP) is 2.06. The summed E-state index contributed by atoms with van der Waals surface area (Å²) >= 11 is 1.39. The molecule has 0 unspecified atom stereocenters. The topological polar surface area (TPSA) is 90.7 Å². The number of nitrogens with one attached hydrogen (secondary N) is 2. The zero-order valence-electron chi connectivity index (χ0n) is 11.2. The molecule has 1 aromatic carbocycles. The van der Waals surface area contributed by atoms with Crippen LogP contribution in [-0.4, -0.2) is 22.1 Å². The second-order valence-corrected chi connectivity index (χ2v) is 5.15. The summed E-state index contributed by atoms with van der Waals surface area (Å²) in [7, 11) is 0. The first-order valence-corrected chi connectivity index (χ1v) is 7.43. The molecular formula is C14H11N5OS. The number of carbonyl (C=O) groups excluding carboxylic acids is 1. The summed E-state index contributed by atoms with van der Waals surface area (Å²) in [6, 6.07) is 7.61. The molecular weight excluding hydrogens is 286 g/mol. The number of fused-ring (bicyclic) bond motifs is 1. The molecule has 1 amide bonds. The number of benzene rings is 1. The molecule has 1 aliphatic heterocycles. The average Bonchev–Trinajstić information content (AvgIpc) is 2.90. The number of hydrogen-bond acceptors (Lipinski definition) is 6. The van der Waals surface area contributed by atoms with Crippen molar-refractivity contribution in [2.75, 3.05) is 11.6 Å². The molecule has 21 heavy (non-hydrogen) atoms. The summed E-state index contributed by atoms with van der Waals surface area (Å²) < 4.78 is 0. The highest BCUT2D eigenvalue weighted by Crippen LogP contribution is 2.28. The SMILES string of the molecule is CSc1ncc(C#N)c(Nc2cccc3c2C(=O)NC3)n1. The van der Waals surface area contributed by atoms with Gasteiger partial charge in [0.25, 0.3) is 5.91 Å². The average molecular weight is 297 g/mol. The molecule has 6 nitrogen and oxygen atoms in total. The molecule has 1 aromatic heterocycles. The van der Waals surface area contributed by atoms with Gasteiger partial charge in [-0.3, -0.25) is 4.79 Å². The Labute approximate surface area is 125 Å². The number of rotatable bonds is 3. The highest BCUT2D eigenvalue weighted by Gasteiger charge is 2.22. The molecule has 0 fully saturated rings. The van der Waals surface area contributed by atoms with Crippen LogP contribution in [0.2, 0.25) is 0 Å². The minimum absolute atomic E-state index is 0.120. The molecule has 104 valence electrons. The first-order chi connectivity index (χ1) is 10.2. The van der Waals surface area contributed by atoms with E-state index >= 15 is 0 Å². The molecule has 2 aromatic rings. The standard InChI is InChI=1S/C14H11N5OS/c1-21-14-17-7-9(5-15)12(19-14)18-10-4-2-3-8-6-16-13(20)11(8)10/h2-4,7H,6H2,1H3,(H,16,20)(H,17,18,19). The summed E-state index contributed by atoms with van der Waals surface area (Å²) in [5, 5.41) is 15.6. The maximum absolute atomic E-state index is 11.9. The van der Waals surface area contributed by atoms with Crippen LogP contribution in [0.3, 0.4) is 0 Å². The first kappa shape index (κ1) is 13.4. The van der Waals surface area contributed by atoms with Gasteiger partial charge in [-0.1, -0.05) is 23.9 Å². The van der Waals surface area contributed by atoms with Crippen molar-refractivity contribution in [2.45, 2.75) is 11.7 Å². The molecule has 0 saturated carbocycles. The fraction of sp³-hybridized carbons (Fsp3) is 0.143. The minimum atomic E-state index is -0.120. The van der Waals surface area contributed by atoms with Crippen LogP contribution in [-0.2, 0) is 6.54 Å². The van der Waals surface area contributed by atoms with E-state index in [1.54, 1.807) is 6.07 Å². The van der Waals surface area contributed by atoms with Gasteiger partial charge in [0.15, 0.2) is 11.0 Å². The van der Waals surface area contributed by atoms with Gasteiger partial charge in [0.2, 0.25) is 0 Å². The number of nitriles is 1. The van der Waals surface area contributed by atoms with Gasteiger partial charge in [0, 0.05) is 6.54 Å². The van der Waals surface area contributed by atoms with E-state index in [4.69, 9.17) is 5.26 Å². The summed E-state index contributed by atoms with van der Waals surface area (Å²) in [6.45, 7) is 0.522. The minimum Gasteiger partial charge on any atom is -0.348 e. The molecule has 7 heteroatoms. The first-order valence-electron chi connectivity index (χ1n) is 6.21. The largest absolute Gasteiger partial charge is 0.348 e. The van der Waals surface area contributed by atoms with E-state index in [9.17, 15) is 4.79 Å². The zero-order valence-corrected chi connectivity index (χ0v) is 12.0. The lowest BCUT2D eigenvalue weighted by Gasteiger charge is -2.10. The van der Waals surface area contributed by atoms with E-state index < -0.39 is 0 Å². The van der Waals surface area contributed by atoms with E-state index in [-0.39, 0.29) is 5.91 Å². The van der Waals surface area contributed by atoms with Gasteiger partial charge in [0.05, 0.1) is 17.4 Å². The predicted molar refractivity (Wildman–Crippen MR) is 79.4 cm³/mol. The third-order valence-corrected chi connectivity index (χ3v) is 3.70. The summed E-state index contributed by atoms with van der Waals surface area (Å²) in [5.74, 6) is 0.288. The van der Waals surface area contributed by atoms with Crippen molar-refractivity contribution in [3.63, 3.8) is 0 Å². The Kier molecular flexibility index (Phi) is 3.46. The van der Waals surface area contributed by atoms with Crippen LogP contribution >= 0.6 is 11.8 Å². The Morgan fingerprint density at radius 2 is 2.33 bits per heavy atom. The van der Waals surface area contributed by atoms with Crippen LogP contribution in [0, 0.1) is 11.3 Å². The maximum atomic E-state index is 11.9. The Bertz CT molecular complexity index is 768. The molecule has 0 radical (unpaired) electrons. The number of aromatic nitrogens is 2. The zero-order chi connectivity index (χ0) is 14.8. The summed E-state index contributed by atoms with van der Waals surface area (Å²) in [5.41, 5.74) is 2.52. The lowest BCUT2D eigenvalue weighted by Crippen LogP contribution is -2.13. The third-order valence-electron chi connectivity index (χ3n) is 3.14. The molecule has 0 aliphatic carbocycles. The van der Waals surface area contributed by atoms with E-state index in [1.807, 2.05) is 24.5 Å². The number of carbonyl (C=O) groups is 1. The van der Waals surface area contributed by atoms with Crippen molar-refractivity contribution in [1.82, 2.24) is 15.3 Å². The second-order valence-electron chi connectivity index (χ2n) is 4.38. The molecule has 0 spiro atoms. The van der Waals surface area contributed by atoms with Gasteiger partial charge < -0.3 is 10.6 Å². The van der Waals surface area contributed by atoms with Crippen LogP contribution in [0.25, 0.3) is 0 Å². The third kappa shape index (κ3) is 2.41. The number of anilines is 2. The van der Waals surface area contributed by atoms with Gasteiger partial charge >= 0.3 is 0 Å². The van der Waals surface area contributed by atoms with Crippen molar-refractivity contribution in [1.29, 1.82) is 5.26 Å². The highest BCUT2D eigenvalue weighted by atomic mass is 32.2. The van der Waals surface area contributed by atoms with E-state index in [1.165, 1.54) is 18.0 Å². The van der Waals surface area contributed by atoms with Gasteiger partial charge in [-0.05, 0) is 17.9 Å². The van der Waals surface area contributed by atoms with Crippen molar-refractivity contribution in [3.8, 4) is 6.07 Å². The molecule has 1 aliphatic rings. The van der Waals surface area contributed by atoms with Gasteiger partial charge in [-0.2, -0.15) is 5.26 Å². The normalized spacial score (nSPS) is 12.5. The van der Waals surface area contributed by atoms with Crippen molar-refractivity contribution in [2.24, 2.45) is 0 Å². The quantitative estimate of drug-likeness (QED) is 0.665. The fourth-order valence-electron chi connectivity index (χ4n) is 2.15. The maximum Gasteiger partial charge on any atom is 0.254 e. The summed E-state index contributed by atoms with van der Waals surface area (Å²) in [4.78, 5) is 20.3. The van der Waals surface area contributed by atoms with Crippen molar-refractivity contribution < 1.29 is 4.79 Å². The fourth-order valence-corrected chi connectivity index (χ4v) is 2.49. The molecule has 0 bridgehead atoms. The molecule has 2 heterocycles. The van der Waals surface area contributed by atoms with E-state index in [2.05, 4.69) is 20.6 Å². The number of nitrogens with zero attached hydrogens (tertiary/aromatic N) is 3. The van der Waals surface area contributed by atoms with Gasteiger partial charge in [0.1, 0.15) is 11.6 Å². The summed E-state index contributed by atoms with van der Waals surface area (Å²) in [6.07, 6.45) is 3.34. The smallest absolute Gasteiger partial charge is 0.254 e. The molecule has 2 N–H and O–H groups in total. The Hall–Kier alpha value is -2.59. The van der Waals surface area contributed by atoms with Crippen molar-refractivity contribution in [3.05, 3.63) is 41.1 Å². The van der Waals surface area contributed by atoms with E-state index in [0.29, 0.717) is 34.3 Å².